The average Bonchev–Trinajstić information content (AvgIpc) is 2.94. The van der Waals surface area contributed by atoms with Crippen molar-refractivity contribution in [3.05, 3.63) is 41.8 Å². The summed E-state index contributed by atoms with van der Waals surface area (Å²) in [7, 11) is 0. The number of ketones is 1. The van der Waals surface area contributed by atoms with Crippen molar-refractivity contribution in [2.24, 2.45) is 0 Å². The fourth-order valence-electron chi connectivity index (χ4n) is 2.22. The number of carbonyl (C=O) groups excluding carboxylic acids is 4. The summed E-state index contributed by atoms with van der Waals surface area (Å²) in [4.78, 5) is 48.2. The number of Topliss-reactive ketones (excluding diaryl/α,β-unsaturated/α-hetero) is 1. The number of hydrogen-bond acceptors (Lipinski definition) is 7. The maximum atomic E-state index is 12.4. The monoisotopic (exact) mass is 389 g/mol. The number of imide groups is 1. The van der Waals surface area contributed by atoms with E-state index in [1.165, 1.54) is 6.92 Å². The Labute approximate surface area is 162 Å². The van der Waals surface area contributed by atoms with Crippen LogP contribution in [0.5, 0.6) is 0 Å². The van der Waals surface area contributed by atoms with E-state index >= 15 is 0 Å². The van der Waals surface area contributed by atoms with Gasteiger partial charge < -0.3 is 20.1 Å². The number of para-hydroxylation sites is 1. The highest BCUT2D eigenvalue weighted by molar-refractivity contribution is 6.20. The number of nitrogens with one attached hydrogen (secondary N) is 3. The van der Waals surface area contributed by atoms with Crippen molar-refractivity contribution in [3.8, 4) is 0 Å². The Morgan fingerprint density at radius 2 is 1.79 bits per heavy atom. The van der Waals surface area contributed by atoms with Crippen LogP contribution in [-0.4, -0.2) is 41.9 Å². The van der Waals surface area contributed by atoms with Gasteiger partial charge in [-0.15, -0.1) is 0 Å². The summed E-state index contributed by atoms with van der Waals surface area (Å²) in [6.07, 6.45) is -1.29. The van der Waals surface area contributed by atoms with E-state index in [-0.39, 0.29) is 18.1 Å². The van der Waals surface area contributed by atoms with Gasteiger partial charge in [0.25, 0.3) is 5.91 Å². The van der Waals surface area contributed by atoms with Gasteiger partial charge in [-0.05, 0) is 39.8 Å². The maximum Gasteiger partial charge on any atom is 0.348 e. The Hall–Kier alpha value is -3.36. The van der Waals surface area contributed by atoms with Crippen molar-refractivity contribution in [2.75, 3.05) is 11.9 Å². The third-order valence-corrected chi connectivity index (χ3v) is 3.47. The number of carbonyl (C=O) groups is 4. The van der Waals surface area contributed by atoms with Gasteiger partial charge in [0.1, 0.15) is 0 Å². The minimum absolute atomic E-state index is 0.0423. The molecule has 0 unspecified atom stereocenters. The van der Waals surface area contributed by atoms with Gasteiger partial charge in [0.05, 0.1) is 0 Å². The number of urea groups is 1. The SMILES string of the molecule is C[C@H](OC(=O)C1=C(Nc2ccccc2)OCC1=O)C(=O)NC(=O)NC(C)(C)C. The first-order valence-electron chi connectivity index (χ1n) is 8.63. The van der Waals surface area contributed by atoms with E-state index in [9.17, 15) is 19.2 Å². The van der Waals surface area contributed by atoms with E-state index < -0.39 is 35.3 Å². The summed E-state index contributed by atoms with van der Waals surface area (Å²) in [5.74, 6) is -2.44. The average molecular weight is 389 g/mol. The van der Waals surface area contributed by atoms with Crippen molar-refractivity contribution in [3.63, 3.8) is 0 Å². The molecule has 9 heteroatoms. The lowest BCUT2D eigenvalue weighted by Gasteiger charge is -2.21. The van der Waals surface area contributed by atoms with Crippen molar-refractivity contribution in [1.29, 1.82) is 0 Å². The molecule has 1 aliphatic rings. The number of anilines is 1. The molecule has 1 atom stereocenters. The topological polar surface area (TPSA) is 123 Å². The van der Waals surface area contributed by atoms with E-state index in [1.54, 1.807) is 45.0 Å². The standard InChI is InChI=1S/C19H23N3O6/c1-11(15(24)21-18(26)22-19(2,3)4)28-17(25)14-13(23)10-27-16(14)20-12-8-6-5-7-9-12/h5-9,11,20H,10H2,1-4H3,(H2,21,22,24,26)/t11-/m0/s1. The third kappa shape index (κ3) is 5.83. The second kappa shape index (κ2) is 8.55. The molecule has 0 bridgehead atoms. The van der Waals surface area contributed by atoms with Crippen LogP contribution in [0.25, 0.3) is 0 Å². The van der Waals surface area contributed by atoms with Crippen LogP contribution in [0.1, 0.15) is 27.7 Å². The zero-order chi connectivity index (χ0) is 20.9. The van der Waals surface area contributed by atoms with Gasteiger partial charge in [-0.25, -0.2) is 9.59 Å². The summed E-state index contributed by atoms with van der Waals surface area (Å²) in [5.41, 5.74) is -0.245. The van der Waals surface area contributed by atoms with E-state index in [2.05, 4.69) is 16.0 Å². The molecule has 3 amide bonds. The molecular weight excluding hydrogens is 366 g/mol. The lowest BCUT2D eigenvalue weighted by atomic mass is 10.1. The maximum absolute atomic E-state index is 12.4. The van der Waals surface area contributed by atoms with Crippen LogP contribution in [0.3, 0.4) is 0 Å². The Balaban J connectivity index is 2.02. The minimum atomic E-state index is -1.29. The van der Waals surface area contributed by atoms with Gasteiger partial charge in [0.2, 0.25) is 11.7 Å². The van der Waals surface area contributed by atoms with Crippen LogP contribution in [-0.2, 0) is 23.9 Å². The molecule has 28 heavy (non-hydrogen) atoms. The smallest absolute Gasteiger partial charge is 0.348 e. The molecule has 0 aliphatic carbocycles. The highest BCUT2D eigenvalue weighted by Crippen LogP contribution is 2.21. The molecular formula is C19H23N3O6. The Kier molecular flexibility index (Phi) is 6.40. The highest BCUT2D eigenvalue weighted by Gasteiger charge is 2.34. The summed E-state index contributed by atoms with van der Waals surface area (Å²) in [6.45, 7) is 6.23. The highest BCUT2D eigenvalue weighted by atomic mass is 16.6. The molecule has 0 saturated carbocycles. The molecule has 0 saturated heterocycles. The molecule has 1 heterocycles. The number of benzene rings is 1. The van der Waals surface area contributed by atoms with Crippen LogP contribution in [0, 0.1) is 0 Å². The quantitative estimate of drug-likeness (QED) is 0.515. The van der Waals surface area contributed by atoms with Gasteiger partial charge in [0, 0.05) is 11.2 Å². The summed E-state index contributed by atoms with van der Waals surface area (Å²) >= 11 is 0. The van der Waals surface area contributed by atoms with E-state index in [1.807, 2.05) is 6.07 Å². The van der Waals surface area contributed by atoms with E-state index in [4.69, 9.17) is 9.47 Å². The van der Waals surface area contributed by atoms with Crippen molar-refractivity contribution < 1.29 is 28.7 Å². The number of amides is 3. The predicted molar refractivity (Wildman–Crippen MR) is 100 cm³/mol. The molecule has 1 aliphatic heterocycles. The Bertz CT molecular complexity index is 811. The molecule has 0 fully saturated rings. The first-order valence-corrected chi connectivity index (χ1v) is 8.63. The first-order chi connectivity index (χ1) is 13.1. The van der Waals surface area contributed by atoms with Crippen LogP contribution in [0.4, 0.5) is 10.5 Å². The predicted octanol–water partition coefficient (Wildman–Crippen LogP) is 1.47. The van der Waals surface area contributed by atoms with Gasteiger partial charge in [-0.3, -0.25) is 14.9 Å². The molecule has 150 valence electrons. The Morgan fingerprint density at radius 1 is 1.14 bits per heavy atom. The first kappa shape index (κ1) is 20.9. The number of esters is 1. The fraction of sp³-hybridized carbons (Fsp3) is 0.368. The molecule has 3 N–H and O–H groups in total. The zero-order valence-corrected chi connectivity index (χ0v) is 16.1. The molecule has 0 radical (unpaired) electrons. The third-order valence-electron chi connectivity index (χ3n) is 3.47. The van der Waals surface area contributed by atoms with Gasteiger partial charge in [0.15, 0.2) is 18.3 Å². The van der Waals surface area contributed by atoms with E-state index in [0.29, 0.717) is 5.69 Å². The molecule has 1 aromatic rings. The van der Waals surface area contributed by atoms with Crippen LogP contribution in [0.2, 0.25) is 0 Å². The lowest BCUT2D eigenvalue weighted by Crippen LogP contribution is -2.50. The van der Waals surface area contributed by atoms with Crippen LogP contribution < -0.4 is 16.0 Å². The van der Waals surface area contributed by atoms with Gasteiger partial charge >= 0.3 is 12.0 Å². The number of hydrogen-bond donors (Lipinski definition) is 3. The number of ether oxygens (including phenoxy) is 2. The minimum Gasteiger partial charge on any atom is -0.470 e. The van der Waals surface area contributed by atoms with Crippen LogP contribution in [0.15, 0.2) is 41.8 Å². The van der Waals surface area contributed by atoms with Crippen molar-refractivity contribution >= 4 is 29.4 Å². The Morgan fingerprint density at radius 3 is 2.39 bits per heavy atom. The summed E-state index contributed by atoms with van der Waals surface area (Å²) < 4.78 is 10.3. The van der Waals surface area contributed by atoms with Crippen LogP contribution >= 0.6 is 0 Å². The molecule has 2 rings (SSSR count). The zero-order valence-electron chi connectivity index (χ0n) is 16.1. The molecule has 0 aromatic heterocycles. The summed E-state index contributed by atoms with van der Waals surface area (Å²) in [5, 5.41) is 7.46. The second-order valence-electron chi connectivity index (χ2n) is 7.15. The largest absolute Gasteiger partial charge is 0.470 e. The lowest BCUT2D eigenvalue weighted by molar-refractivity contribution is -0.151. The normalized spacial score (nSPS) is 14.8. The number of rotatable bonds is 5. The van der Waals surface area contributed by atoms with Gasteiger partial charge in [-0.2, -0.15) is 0 Å². The molecule has 9 nitrogen and oxygen atoms in total. The van der Waals surface area contributed by atoms with Crippen molar-refractivity contribution in [1.82, 2.24) is 10.6 Å². The molecule has 1 aromatic carbocycles. The van der Waals surface area contributed by atoms with E-state index in [0.717, 1.165) is 0 Å². The van der Waals surface area contributed by atoms with Gasteiger partial charge in [-0.1, -0.05) is 18.2 Å². The fourth-order valence-corrected chi connectivity index (χ4v) is 2.22. The molecule has 0 spiro atoms. The summed E-state index contributed by atoms with van der Waals surface area (Å²) in [6, 6.07) is 8.09. The second-order valence-corrected chi connectivity index (χ2v) is 7.15. The van der Waals surface area contributed by atoms with Crippen molar-refractivity contribution in [2.45, 2.75) is 39.3 Å².